The van der Waals surface area contributed by atoms with Gasteiger partial charge in [0, 0.05) is 10.3 Å². The van der Waals surface area contributed by atoms with Gasteiger partial charge in [-0.2, -0.15) is 0 Å². The number of carbonyl (C=O) groups excluding carboxylic acids is 1. The second-order valence-corrected chi connectivity index (χ2v) is 5.80. The number of rotatable bonds is 4. The summed E-state index contributed by atoms with van der Waals surface area (Å²) in [7, 11) is 0. The van der Waals surface area contributed by atoms with Crippen LogP contribution in [0.1, 0.15) is 0 Å². The first kappa shape index (κ1) is 12.3. The van der Waals surface area contributed by atoms with Gasteiger partial charge in [-0.25, -0.2) is 9.97 Å². The predicted octanol–water partition coefficient (Wildman–Crippen LogP) is 3.56. The van der Waals surface area contributed by atoms with Crippen molar-refractivity contribution in [3.05, 3.63) is 42.7 Å². The molecule has 0 bridgehead atoms. The molecule has 0 saturated carbocycles. The average Bonchev–Trinajstić information content (AvgIpc) is 2.90. The Kier molecular flexibility index (Phi) is 3.57. The summed E-state index contributed by atoms with van der Waals surface area (Å²) in [6.07, 6.45) is 3.42. The Hall–Kier alpha value is -1.72. The fourth-order valence-electron chi connectivity index (χ4n) is 1.79. The number of aromatic nitrogens is 2. The van der Waals surface area contributed by atoms with Crippen LogP contribution in [0.3, 0.4) is 0 Å². The number of fused-ring (bicyclic) bond motifs is 1. The highest BCUT2D eigenvalue weighted by atomic mass is 32.2. The van der Waals surface area contributed by atoms with Gasteiger partial charge in [-0.15, -0.1) is 11.3 Å². The zero-order valence-corrected chi connectivity index (χ0v) is 11.5. The molecular weight excluding hydrogens is 276 g/mol. The van der Waals surface area contributed by atoms with E-state index < -0.39 is 0 Å². The molecule has 2 aromatic heterocycles. The van der Waals surface area contributed by atoms with Crippen molar-refractivity contribution >= 4 is 39.6 Å². The lowest BCUT2D eigenvalue weighted by Gasteiger charge is -1.96. The molecule has 0 aliphatic carbocycles. The monoisotopic (exact) mass is 285 g/mol. The topological polar surface area (TPSA) is 42.9 Å². The van der Waals surface area contributed by atoms with Crippen LogP contribution >= 0.6 is 23.1 Å². The van der Waals surface area contributed by atoms with Crippen LogP contribution in [0.2, 0.25) is 0 Å². The summed E-state index contributed by atoms with van der Waals surface area (Å²) >= 11 is 3.03. The van der Waals surface area contributed by atoms with Gasteiger partial charge in [0.15, 0.2) is 0 Å². The van der Waals surface area contributed by atoms with Crippen molar-refractivity contribution in [3.63, 3.8) is 0 Å². The van der Waals surface area contributed by atoms with Crippen LogP contribution in [-0.4, -0.2) is 22.0 Å². The lowest BCUT2D eigenvalue weighted by molar-refractivity contribution is 0.560. The summed E-state index contributed by atoms with van der Waals surface area (Å²) in [6, 6.07) is 12.3. The number of thioether (sulfide) groups is 1. The molecule has 5 heteroatoms. The quantitative estimate of drug-likeness (QED) is 0.543. The maximum absolute atomic E-state index is 10.4. The molecule has 1 aromatic carbocycles. The lowest BCUT2D eigenvalue weighted by Crippen LogP contribution is -1.85. The maximum Gasteiger partial charge on any atom is 0.209 e. The molecule has 0 atom stereocenters. The fourth-order valence-corrected chi connectivity index (χ4v) is 3.49. The van der Waals surface area contributed by atoms with Gasteiger partial charge in [-0.05, 0) is 11.6 Å². The number of thiophene rings is 1. The van der Waals surface area contributed by atoms with Gasteiger partial charge >= 0.3 is 0 Å². The summed E-state index contributed by atoms with van der Waals surface area (Å²) in [6.45, 7) is 0. The molecule has 0 aliphatic rings. The largest absolute Gasteiger partial charge is 0.290 e. The van der Waals surface area contributed by atoms with Crippen LogP contribution in [-0.2, 0) is 4.79 Å². The third-order valence-electron chi connectivity index (χ3n) is 2.62. The highest BCUT2D eigenvalue weighted by Crippen LogP contribution is 2.35. The molecule has 1 radical (unpaired) electrons. The van der Waals surface area contributed by atoms with E-state index in [9.17, 15) is 4.79 Å². The van der Waals surface area contributed by atoms with E-state index in [-0.39, 0.29) is 0 Å². The molecule has 0 saturated heterocycles. The summed E-state index contributed by atoms with van der Waals surface area (Å²) in [5, 5.41) is 1.85. The second-order valence-electron chi connectivity index (χ2n) is 3.81. The first-order valence-corrected chi connectivity index (χ1v) is 7.46. The molecule has 0 N–H and O–H groups in total. The van der Waals surface area contributed by atoms with Crippen molar-refractivity contribution in [2.75, 3.05) is 5.75 Å². The Morgan fingerprint density at radius 1 is 1.21 bits per heavy atom. The van der Waals surface area contributed by atoms with Crippen LogP contribution in [0, 0.1) is 0 Å². The molecule has 0 amide bonds. The van der Waals surface area contributed by atoms with Crippen LogP contribution in [0.4, 0.5) is 0 Å². The first-order valence-electron chi connectivity index (χ1n) is 5.66. The first-order chi connectivity index (χ1) is 9.38. The molecule has 19 heavy (non-hydrogen) atoms. The predicted molar refractivity (Wildman–Crippen MR) is 79.3 cm³/mol. The van der Waals surface area contributed by atoms with E-state index in [4.69, 9.17) is 0 Å². The summed E-state index contributed by atoms with van der Waals surface area (Å²) < 4.78 is 0. The summed E-state index contributed by atoms with van der Waals surface area (Å²) in [4.78, 5) is 21.0. The van der Waals surface area contributed by atoms with Crippen molar-refractivity contribution in [1.82, 2.24) is 9.97 Å². The maximum atomic E-state index is 10.4. The van der Waals surface area contributed by atoms with Crippen molar-refractivity contribution in [2.45, 2.75) is 5.03 Å². The van der Waals surface area contributed by atoms with Crippen LogP contribution in [0.25, 0.3) is 20.7 Å². The molecule has 3 aromatic rings. The van der Waals surface area contributed by atoms with Crippen molar-refractivity contribution < 1.29 is 4.79 Å². The van der Waals surface area contributed by atoms with Crippen LogP contribution in [0.15, 0.2) is 47.8 Å². The Morgan fingerprint density at radius 2 is 2.05 bits per heavy atom. The van der Waals surface area contributed by atoms with Crippen molar-refractivity contribution in [1.29, 1.82) is 0 Å². The van der Waals surface area contributed by atoms with E-state index in [2.05, 4.69) is 28.2 Å². The highest BCUT2D eigenvalue weighted by Gasteiger charge is 2.10. The Labute approximate surface area is 118 Å². The third kappa shape index (κ3) is 2.52. The normalized spacial score (nSPS) is 10.7. The van der Waals surface area contributed by atoms with E-state index in [0.717, 1.165) is 20.1 Å². The molecule has 0 unspecified atom stereocenters. The number of nitrogens with zero attached hydrogens (tertiary/aromatic N) is 2. The fraction of sp³-hybridized carbons (Fsp3) is 0.0714. The van der Waals surface area contributed by atoms with E-state index in [0.29, 0.717) is 5.75 Å². The van der Waals surface area contributed by atoms with Gasteiger partial charge in [-0.1, -0.05) is 42.1 Å². The zero-order valence-electron chi connectivity index (χ0n) is 9.87. The minimum atomic E-state index is 0.294. The molecule has 93 valence electrons. The molecule has 2 heterocycles. The van der Waals surface area contributed by atoms with Gasteiger partial charge in [0.05, 0.1) is 5.75 Å². The standard InChI is InChI=1S/C14H9N2OS2/c17-6-7-18-13-11-8-12(10-4-2-1-3-5-10)19-14(11)16-9-15-13/h1-5,8-9H,7H2. The van der Waals surface area contributed by atoms with Crippen LogP contribution in [0.5, 0.6) is 0 Å². The Morgan fingerprint density at radius 3 is 2.84 bits per heavy atom. The SMILES string of the molecule is O=[C]CSc1ncnc2sc(-c3ccccc3)cc12. The molecule has 0 fully saturated rings. The van der Waals surface area contributed by atoms with Gasteiger partial charge in [0.25, 0.3) is 0 Å². The smallest absolute Gasteiger partial charge is 0.209 e. The minimum absolute atomic E-state index is 0.294. The zero-order chi connectivity index (χ0) is 13.1. The van der Waals surface area contributed by atoms with Gasteiger partial charge in [0.1, 0.15) is 16.2 Å². The van der Waals surface area contributed by atoms with Gasteiger partial charge in [-0.3, -0.25) is 4.79 Å². The molecule has 3 rings (SSSR count). The third-order valence-corrected chi connectivity index (χ3v) is 4.57. The Balaban J connectivity index is 2.08. The molecular formula is C14H9N2OS2. The summed E-state index contributed by atoms with van der Waals surface area (Å²) in [5.74, 6) is 0.294. The average molecular weight is 285 g/mol. The summed E-state index contributed by atoms with van der Waals surface area (Å²) in [5.41, 5.74) is 1.17. The lowest BCUT2D eigenvalue weighted by atomic mass is 10.2. The van der Waals surface area contributed by atoms with Gasteiger partial charge < -0.3 is 0 Å². The van der Waals surface area contributed by atoms with E-state index in [1.807, 2.05) is 24.5 Å². The minimum Gasteiger partial charge on any atom is -0.290 e. The van der Waals surface area contributed by atoms with Crippen LogP contribution < -0.4 is 0 Å². The van der Waals surface area contributed by atoms with E-state index in [1.165, 1.54) is 17.3 Å². The van der Waals surface area contributed by atoms with Gasteiger partial charge in [0.2, 0.25) is 6.29 Å². The molecule has 0 aliphatic heterocycles. The van der Waals surface area contributed by atoms with Crippen molar-refractivity contribution in [3.8, 4) is 10.4 Å². The number of hydrogen-bond donors (Lipinski definition) is 0. The van der Waals surface area contributed by atoms with E-state index >= 15 is 0 Å². The molecule has 0 spiro atoms. The number of benzene rings is 1. The highest BCUT2D eigenvalue weighted by molar-refractivity contribution is 8.00. The Bertz CT molecular complexity index is 710. The van der Waals surface area contributed by atoms with E-state index in [1.54, 1.807) is 17.7 Å². The van der Waals surface area contributed by atoms with Crippen molar-refractivity contribution in [2.24, 2.45) is 0 Å². The number of hydrogen-bond acceptors (Lipinski definition) is 5. The second kappa shape index (κ2) is 5.50. The molecule has 3 nitrogen and oxygen atoms in total.